The number of carboxylic acid groups (broad SMARTS) is 1. The van der Waals surface area contributed by atoms with Gasteiger partial charge in [0.25, 0.3) is 0 Å². The van der Waals surface area contributed by atoms with Gasteiger partial charge in [-0.2, -0.15) is 0 Å². The minimum atomic E-state index is -1.02. The second-order valence-corrected chi connectivity index (χ2v) is 4.47. The largest absolute Gasteiger partial charge is 0.497 e. The molecule has 1 aromatic carbocycles. The molecule has 0 bridgehead atoms. The first-order valence-electron chi connectivity index (χ1n) is 6.79. The molecular weight excluding hydrogens is 274 g/mol. The van der Waals surface area contributed by atoms with E-state index in [1.165, 1.54) is 0 Å². The SMILES string of the molecule is CCC(C(=O)NCCOCC(=O)O)c1ccc(OC)cc1. The van der Waals surface area contributed by atoms with Crippen LogP contribution in [0.5, 0.6) is 5.75 Å². The molecule has 0 aliphatic carbocycles. The van der Waals surface area contributed by atoms with Crippen molar-refractivity contribution >= 4 is 11.9 Å². The van der Waals surface area contributed by atoms with Crippen LogP contribution < -0.4 is 10.1 Å². The molecule has 1 atom stereocenters. The van der Waals surface area contributed by atoms with E-state index in [1.807, 2.05) is 31.2 Å². The molecule has 1 aromatic rings. The van der Waals surface area contributed by atoms with Crippen molar-refractivity contribution in [3.63, 3.8) is 0 Å². The molecule has 21 heavy (non-hydrogen) atoms. The molecular formula is C15H21NO5. The molecule has 0 aliphatic rings. The fraction of sp³-hybridized carbons (Fsp3) is 0.467. The summed E-state index contributed by atoms with van der Waals surface area (Å²) in [4.78, 5) is 22.4. The molecule has 2 N–H and O–H groups in total. The number of nitrogens with one attached hydrogen (secondary N) is 1. The number of carbonyl (C=O) groups is 2. The third-order valence-electron chi connectivity index (χ3n) is 3.01. The molecule has 0 aromatic heterocycles. The first-order chi connectivity index (χ1) is 10.1. The van der Waals surface area contributed by atoms with Gasteiger partial charge in [-0.3, -0.25) is 4.79 Å². The first-order valence-corrected chi connectivity index (χ1v) is 6.79. The number of rotatable bonds is 9. The van der Waals surface area contributed by atoms with Gasteiger partial charge >= 0.3 is 5.97 Å². The number of amides is 1. The lowest BCUT2D eigenvalue weighted by atomic mass is 9.95. The summed E-state index contributed by atoms with van der Waals surface area (Å²) in [6, 6.07) is 7.38. The number of carboxylic acids is 1. The van der Waals surface area contributed by atoms with E-state index in [0.29, 0.717) is 13.0 Å². The normalized spacial score (nSPS) is 11.7. The Kier molecular flexibility index (Phi) is 7.25. The molecule has 1 unspecified atom stereocenters. The summed E-state index contributed by atoms with van der Waals surface area (Å²) in [6.07, 6.45) is 0.675. The molecule has 0 fully saturated rings. The Hall–Kier alpha value is -2.08. The number of carbonyl (C=O) groups excluding carboxylic acids is 1. The van der Waals surface area contributed by atoms with Crippen LogP contribution in [0.4, 0.5) is 0 Å². The Morgan fingerprint density at radius 3 is 2.48 bits per heavy atom. The van der Waals surface area contributed by atoms with Crippen LogP contribution in [0.2, 0.25) is 0 Å². The van der Waals surface area contributed by atoms with Gasteiger partial charge in [0.15, 0.2) is 0 Å². The summed E-state index contributed by atoms with van der Waals surface area (Å²) < 4.78 is 9.95. The van der Waals surface area contributed by atoms with E-state index in [0.717, 1.165) is 11.3 Å². The Labute approximate surface area is 124 Å². The zero-order chi connectivity index (χ0) is 15.7. The summed E-state index contributed by atoms with van der Waals surface area (Å²) in [5.41, 5.74) is 0.919. The van der Waals surface area contributed by atoms with E-state index in [9.17, 15) is 9.59 Å². The quantitative estimate of drug-likeness (QED) is 0.673. The molecule has 116 valence electrons. The molecule has 6 nitrogen and oxygen atoms in total. The van der Waals surface area contributed by atoms with Gasteiger partial charge in [0, 0.05) is 6.54 Å². The van der Waals surface area contributed by atoms with E-state index in [2.05, 4.69) is 5.32 Å². The van der Waals surface area contributed by atoms with Gasteiger partial charge in [-0.15, -0.1) is 0 Å². The summed E-state index contributed by atoms with van der Waals surface area (Å²) in [6.45, 7) is 2.05. The van der Waals surface area contributed by atoms with Crippen molar-refractivity contribution in [2.45, 2.75) is 19.3 Å². The highest BCUT2D eigenvalue weighted by Crippen LogP contribution is 2.22. The van der Waals surface area contributed by atoms with Gasteiger partial charge in [-0.25, -0.2) is 4.79 Å². The second-order valence-electron chi connectivity index (χ2n) is 4.47. The number of methoxy groups -OCH3 is 1. The number of aliphatic carboxylic acids is 1. The maximum atomic E-state index is 12.1. The maximum absolute atomic E-state index is 12.1. The topological polar surface area (TPSA) is 84.9 Å². The third kappa shape index (κ3) is 5.83. The Morgan fingerprint density at radius 2 is 1.95 bits per heavy atom. The van der Waals surface area contributed by atoms with Crippen LogP contribution in [0.3, 0.4) is 0 Å². The van der Waals surface area contributed by atoms with Crippen LogP contribution in [0, 0.1) is 0 Å². The molecule has 0 aliphatic heterocycles. The van der Waals surface area contributed by atoms with Crippen LogP contribution in [0.15, 0.2) is 24.3 Å². The van der Waals surface area contributed by atoms with Crippen molar-refractivity contribution in [2.75, 3.05) is 26.9 Å². The summed E-state index contributed by atoms with van der Waals surface area (Å²) in [5, 5.41) is 11.2. The highest BCUT2D eigenvalue weighted by Gasteiger charge is 2.18. The summed E-state index contributed by atoms with van der Waals surface area (Å²) in [7, 11) is 1.59. The lowest BCUT2D eigenvalue weighted by molar-refractivity contribution is -0.142. The minimum absolute atomic E-state index is 0.0957. The summed E-state index contributed by atoms with van der Waals surface area (Å²) in [5.74, 6) is -0.612. The fourth-order valence-corrected chi connectivity index (χ4v) is 1.94. The van der Waals surface area contributed by atoms with Crippen molar-refractivity contribution < 1.29 is 24.2 Å². The maximum Gasteiger partial charge on any atom is 0.329 e. The Balaban J connectivity index is 2.46. The molecule has 0 spiro atoms. The van der Waals surface area contributed by atoms with Crippen molar-refractivity contribution in [1.29, 1.82) is 0 Å². The van der Waals surface area contributed by atoms with Gasteiger partial charge < -0.3 is 19.9 Å². The van der Waals surface area contributed by atoms with Crippen molar-refractivity contribution in [3.8, 4) is 5.75 Å². The van der Waals surface area contributed by atoms with Gasteiger partial charge in [0.05, 0.1) is 19.6 Å². The Bertz CT molecular complexity index is 458. The average Bonchev–Trinajstić information content (AvgIpc) is 2.48. The van der Waals surface area contributed by atoms with Gasteiger partial charge in [0.1, 0.15) is 12.4 Å². The van der Waals surface area contributed by atoms with Crippen LogP contribution in [-0.2, 0) is 14.3 Å². The first kappa shape index (κ1) is 17.0. The Morgan fingerprint density at radius 1 is 1.29 bits per heavy atom. The van der Waals surface area contributed by atoms with E-state index in [-0.39, 0.29) is 25.0 Å². The summed E-state index contributed by atoms with van der Waals surface area (Å²) >= 11 is 0. The van der Waals surface area contributed by atoms with Crippen molar-refractivity contribution in [3.05, 3.63) is 29.8 Å². The minimum Gasteiger partial charge on any atom is -0.497 e. The smallest absolute Gasteiger partial charge is 0.329 e. The van der Waals surface area contributed by atoms with Crippen LogP contribution in [0.25, 0.3) is 0 Å². The monoisotopic (exact) mass is 295 g/mol. The lowest BCUT2D eigenvalue weighted by Gasteiger charge is -2.15. The van der Waals surface area contributed by atoms with Crippen LogP contribution >= 0.6 is 0 Å². The van der Waals surface area contributed by atoms with Crippen LogP contribution in [0.1, 0.15) is 24.8 Å². The zero-order valence-electron chi connectivity index (χ0n) is 12.3. The second kappa shape index (κ2) is 8.97. The molecule has 0 saturated heterocycles. The predicted molar refractivity (Wildman–Crippen MR) is 77.5 cm³/mol. The number of benzene rings is 1. The highest BCUT2D eigenvalue weighted by molar-refractivity contribution is 5.83. The third-order valence-corrected chi connectivity index (χ3v) is 3.01. The molecule has 1 amide bonds. The van der Waals surface area contributed by atoms with E-state index in [1.54, 1.807) is 7.11 Å². The zero-order valence-corrected chi connectivity index (χ0v) is 12.3. The van der Waals surface area contributed by atoms with Gasteiger partial charge in [-0.05, 0) is 24.1 Å². The van der Waals surface area contributed by atoms with Crippen molar-refractivity contribution in [1.82, 2.24) is 5.32 Å². The molecule has 0 heterocycles. The van der Waals surface area contributed by atoms with Crippen molar-refractivity contribution in [2.24, 2.45) is 0 Å². The number of hydrogen-bond acceptors (Lipinski definition) is 4. The predicted octanol–water partition coefficient (Wildman–Crippen LogP) is 1.41. The average molecular weight is 295 g/mol. The van der Waals surface area contributed by atoms with Gasteiger partial charge in [-0.1, -0.05) is 19.1 Å². The molecule has 0 saturated carbocycles. The molecule has 6 heteroatoms. The molecule has 0 radical (unpaired) electrons. The van der Waals surface area contributed by atoms with Gasteiger partial charge in [0.2, 0.25) is 5.91 Å². The lowest BCUT2D eigenvalue weighted by Crippen LogP contribution is -2.32. The van der Waals surface area contributed by atoms with E-state index < -0.39 is 5.97 Å². The fourth-order valence-electron chi connectivity index (χ4n) is 1.94. The number of ether oxygens (including phenoxy) is 2. The van der Waals surface area contributed by atoms with E-state index >= 15 is 0 Å². The highest BCUT2D eigenvalue weighted by atomic mass is 16.5. The number of hydrogen-bond donors (Lipinski definition) is 2. The van der Waals surface area contributed by atoms with E-state index in [4.69, 9.17) is 14.6 Å². The molecule has 1 rings (SSSR count). The standard InChI is InChI=1S/C15H21NO5/c1-3-13(11-4-6-12(20-2)7-5-11)15(19)16-8-9-21-10-14(17)18/h4-7,13H,3,8-10H2,1-2H3,(H,16,19)(H,17,18). The van der Waals surface area contributed by atoms with Crippen LogP contribution in [-0.4, -0.2) is 43.9 Å².